The average Bonchev–Trinajstić information content (AvgIpc) is 3.47. The Morgan fingerprint density at radius 1 is 0.362 bits per heavy atom. The molecule has 0 aliphatic rings. The monoisotopic (exact) mass is 596 g/mol. The maximum absolute atomic E-state index is 7.68. The molecule has 1 aromatic heterocycles. The second-order valence-electron chi connectivity index (χ2n) is 12.0. The minimum absolute atomic E-state index is 0.648. The molecule has 1 heterocycles. The van der Waals surface area contributed by atoms with Gasteiger partial charge in [0.25, 0.3) is 0 Å². The summed E-state index contributed by atoms with van der Waals surface area (Å²) in [6.07, 6.45) is 0. The molecule has 0 aliphatic heterocycles. The molecule has 0 amide bonds. The number of nitrogens with zero attached hydrogens (tertiary/aromatic N) is 2. The maximum atomic E-state index is 7.68. The average molecular weight is 597 g/mol. The lowest BCUT2D eigenvalue weighted by Crippen LogP contribution is -1.93. The fraction of sp³-hybridized carbons (Fsp3) is 0. The molecule has 8 aromatic carbocycles. The lowest BCUT2D eigenvalue weighted by atomic mass is 9.88. The van der Waals surface area contributed by atoms with Crippen LogP contribution >= 0.6 is 0 Å². The van der Waals surface area contributed by atoms with E-state index in [1.807, 2.05) is 18.2 Å². The Morgan fingerprint density at radius 3 is 1.43 bits per heavy atom. The zero-order valence-electron chi connectivity index (χ0n) is 25.6. The number of fused-ring (bicyclic) bond motifs is 5. The lowest BCUT2D eigenvalue weighted by molar-refractivity contribution is 1.18. The minimum Gasteiger partial charge on any atom is -0.309 e. The number of rotatable bonds is 4. The summed E-state index contributed by atoms with van der Waals surface area (Å²) in [6.45, 7) is 7.68. The molecule has 0 radical (unpaired) electrons. The van der Waals surface area contributed by atoms with E-state index >= 15 is 0 Å². The van der Waals surface area contributed by atoms with Crippen LogP contribution in [-0.4, -0.2) is 4.57 Å². The Morgan fingerprint density at radius 2 is 0.830 bits per heavy atom. The number of para-hydroxylation sites is 1. The summed E-state index contributed by atoms with van der Waals surface area (Å²) in [5.41, 5.74) is 11.3. The molecular weight excluding hydrogens is 569 g/mol. The van der Waals surface area contributed by atoms with Crippen molar-refractivity contribution < 1.29 is 0 Å². The van der Waals surface area contributed by atoms with E-state index in [0.717, 1.165) is 33.1 Å². The van der Waals surface area contributed by atoms with Gasteiger partial charge in [-0.15, -0.1) is 0 Å². The molecular formula is C45H28N2. The number of benzene rings is 8. The number of hydrogen-bond donors (Lipinski definition) is 0. The van der Waals surface area contributed by atoms with Crippen molar-refractivity contribution in [2.75, 3.05) is 0 Å². The predicted molar refractivity (Wildman–Crippen MR) is 198 cm³/mol. The number of aromatic nitrogens is 1. The summed E-state index contributed by atoms with van der Waals surface area (Å²) in [6, 6.07) is 60.5. The van der Waals surface area contributed by atoms with Crippen LogP contribution in [0.5, 0.6) is 0 Å². The van der Waals surface area contributed by atoms with Crippen LogP contribution in [0, 0.1) is 6.57 Å². The third kappa shape index (κ3) is 4.33. The zero-order valence-corrected chi connectivity index (χ0v) is 25.6. The molecule has 0 spiro atoms. The van der Waals surface area contributed by atoms with Crippen molar-refractivity contribution in [1.29, 1.82) is 0 Å². The summed E-state index contributed by atoms with van der Waals surface area (Å²) in [7, 11) is 0. The Kier molecular flexibility index (Phi) is 6.23. The van der Waals surface area contributed by atoms with E-state index < -0.39 is 0 Å². The summed E-state index contributed by atoms with van der Waals surface area (Å²) in [5.74, 6) is 0. The second kappa shape index (κ2) is 10.9. The molecule has 0 atom stereocenters. The first-order valence-electron chi connectivity index (χ1n) is 15.9. The van der Waals surface area contributed by atoms with E-state index in [0.29, 0.717) is 5.69 Å². The van der Waals surface area contributed by atoms with Gasteiger partial charge >= 0.3 is 0 Å². The van der Waals surface area contributed by atoms with Gasteiger partial charge in [0.1, 0.15) is 0 Å². The summed E-state index contributed by atoms with van der Waals surface area (Å²) >= 11 is 0. The van der Waals surface area contributed by atoms with Crippen LogP contribution in [0.2, 0.25) is 0 Å². The zero-order chi connectivity index (χ0) is 31.3. The van der Waals surface area contributed by atoms with Crippen molar-refractivity contribution in [2.24, 2.45) is 0 Å². The van der Waals surface area contributed by atoms with Crippen molar-refractivity contribution in [3.63, 3.8) is 0 Å². The Balaban J connectivity index is 1.25. The summed E-state index contributed by atoms with van der Waals surface area (Å²) in [5, 5.41) is 7.17. The standard InChI is InChI=1S/C45H28N2/c1-46-32-21-27-45-43(29-32)42-28-31(20-26-44(42)47(45)33-14-6-3-7-15-33)35-23-25-41(39-19-11-9-17-37(35)39)40-24-22-34(30-12-4-2-5-13-30)36-16-8-10-18-38(36)40/h2-29H. The molecule has 2 heteroatoms. The quantitative estimate of drug-likeness (QED) is 0.179. The van der Waals surface area contributed by atoms with Crippen LogP contribution in [-0.2, 0) is 0 Å². The first-order chi connectivity index (χ1) is 23.3. The molecule has 2 nitrogen and oxygen atoms in total. The third-order valence-corrected chi connectivity index (χ3v) is 9.43. The summed E-state index contributed by atoms with van der Waals surface area (Å²) < 4.78 is 2.30. The predicted octanol–water partition coefficient (Wildman–Crippen LogP) is 12.6. The van der Waals surface area contributed by atoms with Crippen molar-refractivity contribution in [1.82, 2.24) is 4.57 Å². The normalized spacial score (nSPS) is 11.4. The topological polar surface area (TPSA) is 9.29 Å². The van der Waals surface area contributed by atoms with Gasteiger partial charge < -0.3 is 4.57 Å². The van der Waals surface area contributed by atoms with Crippen molar-refractivity contribution in [3.8, 4) is 39.1 Å². The number of hydrogen-bond acceptors (Lipinski definition) is 0. The first kappa shape index (κ1) is 26.9. The molecule has 0 saturated carbocycles. The van der Waals surface area contributed by atoms with Gasteiger partial charge in [-0.3, -0.25) is 0 Å². The molecule has 47 heavy (non-hydrogen) atoms. The molecule has 0 N–H and O–H groups in total. The van der Waals surface area contributed by atoms with E-state index in [4.69, 9.17) is 6.57 Å². The summed E-state index contributed by atoms with van der Waals surface area (Å²) in [4.78, 5) is 3.75. The smallest absolute Gasteiger partial charge is 0.188 e. The van der Waals surface area contributed by atoms with Gasteiger partial charge in [-0.1, -0.05) is 133 Å². The fourth-order valence-corrected chi connectivity index (χ4v) is 7.29. The van der Waals surface area contributed by atoms with E-state index in [1.54, 1.807) is 0 Å². The van der Waals surface area contributed by atoms with Crippen LogP contribution in [0.3, 0.4) is 0 Å². The van der Waals surface area contributed by atoms with Gasteiger partial charge in [-0.2, -0.15) is 0 Å². The molecule has 0 aliphatic carbocycles. The highest BCUT2D eigenvalue weighted by Crippen LogP contribution is 2.42. The molecule has 0 saturated heterocycles. The first-order valence-corrected chi connectivity index (χ1v) is 15.9. The van der Waals surface area contributed by atoms with Gasteiger partial charge in [0.2, 0.25) is 0 Å². The van der Waals surface area contributed by atoms with Crippen LogP contribution in [0.1, 0.15) is 0 Å². The highest BCUT2D eigenvalue weighted by atomic mass is 15.0. The molecule has 9 aromatic rings. The van der Waals surface area contributed by atoms with Gasteiger partial charge in [-0.25, -0.2) is 4.85 Å². The van der Waals surface area contributed by atoms with Gasteiger partial charge in [-0.05, 0) is 96.7 Å². The van der Waals surface area contributed by atoms with Crippen LogP contribution in [0.25, 0.3) is 87.3 Å². The molecule has 9 rings (SSSR count). The fourth-order valence-electron chi connectivity index (χ4n) is 7.29. The van der Waals surface area contributed by atoms with Crippen LogP contribution < -0.4 is 0 Å². The SMILES string of the molecule is [C-]#[N+]c1ccc2c(c1)c1cc(-c3ccc(-c4ccc(-c5ccccc5)c5ccccc45)c4ccccc34)ccc1n2-c1ccccc1. The Labute approximate surface area is 273 Å². The van der Waals surface area contributed by atoms with Gasteiger partial charge in [0.05, 0.1) is 17.6 Å². The third-order valence-electron chi connectivity index (χ3n) is 9.43. The molecule has 0 unspecified atom stereocenters. The van der Waals surface area contributed by atoms with Crippen LogP contribution in [0.4, 0.5) is 5.69 Å². The van der Waals surface area contributed by atoms with E-state index in [-0.39, 0.29) is 0 Å². The molecule has 0 fully saturated rings. The Hall–Kier alpha value is -6.43. The highest BCUT2D eigenvalue weighted by Gasteiger charge is 2.17. The molecule has 218 valence electrons. The van der Waals surface area contributed by atoms with Crippen LogP contribution in [0.15, 0.2) is 170 Å². The van der Waals surface area contributed by atoms with Crippen molar-refractivity contribution >= 4 is 49.0 Å². The lowest BCUT2D eigenvalue weighted by Gasteiger charge is -2.16. The van der Waals surface area contributed by atoms with E-state index in [9.17, 15) is 0 Å². The van der Waals surface area contributed by atoms with Gasteiger partial charge in [0.15, 0.2) is 5.69 Å². The van der Waals surface area contributed by atoms with Gasteiger partial charge in [0, 0.05) is 11.1 Å². The maximum Gasteiger partial charge on any atom is 0.188 e. The largest absolute Gasteiger partial charge is 0.309 e. The second-order valence-corrected chi connectivity index (χ2v) is 12.0. The molecule has 0 bridgehead atoms. The minimum atomic E-state index is 0.648. The van der Waals surface area contributed by atoms with E-state index in [1.165, 1.54) is 49.4 Å². The highest BCUT2D eigenvalue weighted by molar-refractivity contribution is 6.14. The van der Waals surface area contributed by atoms with E-state index in [2.05, 4.69) is 161 Å². The Bertz CT molecular complexity index is 2680. The van der Waals surface area contributed by atoms with Crippen molar-refractivity contribution in [2.45, 2.75) is 0 Å². The van der Waals surface area contributed by atoms with Crippen molar-refractivity contribution in [3.05, 3.63) is 181 Å².